The molecule has 20 heavy (non-hydrogen) atoms. The van der Waals surface area contributed by atoms with E-state index >= 15 is 0 Å². The number of rotatable bonds is 3. The summed E-state index contributed by atoms with van der Waals surface area (Å²) in [5.41, 5.74) is 3.61. The Morgan fingerprint density at radius 2 is 2.25 bits per heavy atom. The summed E-state index contributed by atoms with van der Waals surface area (Å²) in [6.45, 7) is 5.22. The Morgan fingerprint density at radius 3 is 3.00 bits per heavy atom. The Kier molecular flexibility index (Phi) is 3.38. The molecule has 1 N–H and O–H groups in total. The van der Waals surface area contributed by atoms with E-state index in [-0.39, 0.29) is 6.04 Å². The fourth-order valence-electron chi connectivity index (χ4n) is 2.85. The highest BCUT2D eigenvalue weighted by Gasteiger charge is 2.25. The zero-order chi connectivity index (χ0) is 14.1. The lowest BCUT2D eigenvalue weighted by atomic mass is 9.99. The molecule has 4 nitrogen and oxygen atoms in total. The van der Waals surface area contributed by atoms with Crippen molar-refractivity contribution in [3.05, 3.63) is 41.1 Å². The van der Waals surface area contributed by atoms with Crippen LogP contribution in [-0.4, -0.2) is 23.4 Å². The van der Waals surface area contributed by atoms with Crippen LogP contribution in [0.5, 0.6) is 5.75 Å². The van der Waals surface area contributed by atoms with Crippen molar-refractivity contribution in [1.29, 1.82) is 0 Å². The first-order valence-electron chi connectivity index (χ1n) is 7.19. The summed E-state index contributed by atoms with van der Waals surface area (Å²) in [5.74, 6) is 2.06. The summed E-state index contributed by atoms with van der Waals surface area (Å²) in [4.78, 5) is 0. The number of ether oxygens (including phenoxy) is 1. The third kappa shape index (κ3) is 2.15. The number of hydrogen-bond acceptors (Lipinski definition) is 3. The molecule has 3 rings (SSSR count). The van der Waals surface area contributed by atoms with Crippen molar-refractivity contribution in [2.75, 3.05) is 19.0 Å². The maximum atomic E-state index is 5.54. The minimum absolute atomic E-state index is 0.251. The van der Waals surface area contributed by atoms with Crippen LogP contribution < -0.4 is 10.1 Å². The molecular formula is C16H21N3O. The maximum absolute atomic E-state index is 5.54. The summed E-state index contributed by atoms with van der Waals surface area (Å²) in [5, 5.41) is 8.16. The van der Waals surface area contributed by atoms with Gasteiger partial charge in [-0.2, -0.15) is 5.10 Å². The van der Waals surface area contributed by atoms with Crippen LogP contribution in [0.2, 0.25) is 0 Å². The monoisotopic (exact) mass is 271 g/mol. The Labute approximate surface area is 119 Å². The lowest BCUT2D eigenvalue weighted by molar-refractivity contribution is 0.391. The van der Waals surface area contributed by atoms with E-state index < -0.39 is 0 Å². The molecule has 1 aromatic heterocycles. The van der Waals surface area contributed by atoms with Crippen molar-refractivity contribution >= 4 is 5.82 Å². The quantitative estimate of drug-likeness (QED) is 0.932. The maximum Gasteiger partial charge on any atom is 0.125 e. The van der Waals surface area contributed by atoms with E-state index in [4.69, 9.17) is 9.84 Å². The largest absolute Gasteiger partial charge is 0.496 e. The lowest BCUT2D eigenvalue weighted by Gasteiger charge is -2.27. The molecule has 0 amide bonds. The molecule has 1 atom stereocenters. The molecule has 4 heteroatoms. The van der Waals surface area contributed by atoms with Gasteiger partial charge in [0.25, 0.3) is 0 Å². The van der Waals surface area contributed by atoms with Crippen molar-refractivity contribution < 1.29 is 4.74 Å². The number of aromatic nitrogens is 2. The molecule has 0 radical (unpaired) electrons. The van der Waals surface area contributed by atoms with Crippen LogP contribution in [0.4, 0.5) is 5.82 Å². The molecule has 0 saturated carbocycles. The average molecular weight is 271 g/mol. The summed E-state index contributed by atoms with van der Waals surface area (Å²) in [7, 11) is 1.73. The van der Waals surface area contributed by atoms with Crippen LogP contribution >= 0.6 is 0 Å². The highest BCUT2D eigenvalue weighted by atomic mass is 16.5. The van der Waals surface area contributed by atoms with E-state index in [1.807, 2.05) is 0 Å². The van der Waals surface area contributed by atoms with E-state index in [2.05, 4.69) is 48.1 Å². The van der Waals surface area contributed by atoms with Gasteiger partial charge in [-0.05, 0) is 25.8 Å². The van der Waals surface area contributed by atoms with Gasteiger partial charge < -0.3 is 10.1 Å². The van der Waals surface area contributed by atoms with Gasteiger partial charge in [-0.15, -0.1) is 0 Å². The molecule has 1 aromatic carbocycles. The van der Waals surface area contributed by atoms with Crippen molar-refractivity contribution in [2.45, 2.75) is 32.7 Å². The first-order chi connectivity index (χ1) is 9.72. The van der Waals surface area contributed by atoms with Gasteiger partial charge in [0.15, 0.2) is 0 Å². The van der Waals surface area contributed by atoms with Gasteiger partial charge in [0, 0.05) is 18.2 Å². The molecule has 1 unspecified atom stereocenters. The van der Waals surface area contributed by atoms with Gasteiger partial charge in [0.1, 0.15) is 11.6 Å². The highest BCUT2D eigenvalue weighted by Crippen LogP contribution is 2.35. The van der Waals surface area contributed by atoms with Crippen LogP contribution in [0.3, 0.4) is 0 Å². The average Bonchev–Trinajstić information content (AvgIpc) is 2.90. The molecule has 0 fully saturated rings. The number of methoxy groups -OCH3 is 1. The van der Waals surface area contributed by atoms with Crippen molar-refractivity contribution in [3.8, 4) is 5.75 Å². The zero-order valence-electron chi connectivity index (χ0n) is 12.3. The molecule has 2 aromatic rings. The van der Waals surface area contributed by atoms with Crippen LogP contribution in [0.15, 0.2) is 24.3 Å². The predicted octanol–water partition coefficient (Wildman–Crippen LogP) is 3.17. The predicted molar refractivity (Wildman–Crippen MR) is 80.6 cm³/mol. The van der Waals surface area contributed by atoms with E-state index in [0.29, 0.717) is 0 Å². The van der Waals surface area contributed by atoms with Gasteiger partial charge in [-0.25, -0.2) is 4.68 Å². The molecule has 1 aliphatic rings. The standard InChI is InChI=1S/C16H21N3O/c1-4-12-10-16-17-8-7-14(19(16)18-12)13-9-11(2)5-6-15(13)20-3/h5-6,9-10,14,17H,4,7-8H2,1-3H3. The molecule has 106 valence electrons. The van der Waals surface area contributed by atoms with Gasteiger partial charge in [0.05, 0.1) is 18.8 Å². The van der Waals surface area contributed by atoms with Crippen molar-refractivity contribution in [3.63, 3.8) is 0 Å². The molecule has 0 saturated heterocycles. The van der Waals surface area contributed by atoms with Crippen LogP contribution in [0, 0.1) is 6.92 Å². The summed E-state index contributed by atoms with van der Waals surface area (Å²) >= 11 is 0. The summed E-state index contributed by atoms with van der Waals surface area (Å²) in [6.07, 6.45) is 1.98. The number of hydrogen-bond donors (Lipinski definition) is 1. The minimum atomic E-state index is 0.251. The Balaban J connectivity index is 2.08. The Morgan fingerprint density at radius 1 is 1.40 bits per heavy atom. The number of anilines is 1. The molecule has 1 aliphatic heterocycles. The van der Waals surface area contributed by atoms with Gasteiger partial charge in [-0.3, -0.25) is 0 Å². The number of aryl methyl sites for hydroxylation is 2. The molecule has 2 heterocycles. The fourth-order valence-corrected chi connectivity index (χ4v) is 2.85. The number of fused-ring (bicyclic) bond motifs is 1. The number of benzene rings is 1. The zero-order valence-corrected chi connectivity index (χ0v) is 12.3. The van der Waals surface area contributed by atoms with Gasteiger partial charge in [0.2, 0.25) is 0 Å². The van der Waals surface area contributed by atoms with Gasteiger partial charge >= 0.3 is 0 Å². The lowest BCUT2D eigenvalue weighted by Crippen LogP contribution is -2.24. The van der Waals surface area contributed by atoms with Crippen molar-refractivity contribution in [1.82, 2.24) is 9.78 Å². The normalized spacial score (nSPS) is 17.4. The smallest absolute Gasteiger partial charge is 0.125 e. The Hall–Kier alpha value is -1.97. The van der Waals surface area contributed by atoms with E-state index in [0.717, 1.165) is 36.6 Å². The number of nitrogens with zero attached hydrogens (tertiary/aromatic N) is 2. The first kappa shape index (κ1) is 13.0. The molecule has 0 spiro atoms. The first-order valence-corrected chi connectivity index (χ1v) is 7.19. The third-order valence-corrected chi connectivity index (χ3v) is 3.91. The minimum Gasteiger partial charge on any atom is -0.496 e. The SMILES string of the molecule is CCc1cc2n(n1)C(c1cc(C)ccc1OC)CCN2. The van der Waals surface area contributed by atoms with Crippen LogP contribution in [0.25, 0.3) is 0 Å². The third-order valence-electron chi connectivity index (χ3n) is 3.91. The second-order valence-corrected chi connectivity index (χ2v) is 5.30. The molecule has 0 bridgehead atoms. The molecule has 0 aliphatic carbocycles. The molecular weight excluding hydrogens is 250 g/mol. The fraction of sp³-hybridized carbons (Fsp3) is 0.438. The van der Waals surface area contributed by atoms with E-state index in [1.165, 1.54) is 11.1 Å². The summed E-state index contributed by atoms with van der Waals surface area (Å²) < 4.78 is 7.65. The van der Waals surface area contributed by atoms with E-state index in [9.17, 15) is 0 Å². The second-order valence-electron chi connectivity index (χ2n) is 5.30. The number of nitrogens with one attached hydrogen (secondary N) is 1. The van der Waals surface area contributed by atoms with Crippen molar-refractivity contribution in [2.24, 2.45) is 0 Å². The van der Waals surface area contributed by atoms with Gasteiger partial charge in [-0.1, -0.05) is 24.6 Å². The second kappa shape index (κ2) is 5.19. The van der Waals surface area contributed by atoms with Crippen LogP contribution in [0.1, 0.15) is 36.2 Å². The summed E-state index contributed by atoms with van der Waals surface area (Å²) in [6, 6.07) is 8.75. The highest BCUT2D eigenvalue weighted by molar-refractivity contribution is 5.45. The van der Waals surface area contributed by atoms with Crippen LogP contribution in [-0.2, 0) is 6.42 Å². The topological polar surface area (TPSA) is 39.1 Å². The Bertz CT molecular complexity index is 618. The van der Waals surface area contributed by atoms with E-state index in [1.54, 1.807) is 7.11 Å².